The molecular weight excluding hydrogens is 428 g/mol. The highest BCUT2D eigenvalue weighted by Gasteiger charge is 2.29. The van der Waals surface area contributed by atoms with Crippen LogP contribution in [0.1, 0.15) is 24.5 Å². The average Bonchev–Trinajstić information content (AvgIpc) is 2.87. The van der Waals surface area contributed by atoms with E-state index >= 15 is 0 Å². The fourth-order valence-electron chi connectivity index (χ4n) is 4.32. The van der Waals surface area contributed by atoms with Crippen molar-refractivity contribution in [2.24, 2.45) is 0 Å². The summed E-state index contributed by atoms with van der Waals surface area (Å²) in [6.07, 6.45) is 0.820. The standard InChI is InChI=1S/C31H36N4/c1-24-14-10-12-20-28(24)33-30(34-29-21-13-11-15-25(29)2)22-31(3,35-27-18-8-5-9-19-27)23-32-26-16-6-4-7-17-26/h4-21,30,32-35H,22-23H2,1-3H3. The Hall–Kier alpha value is -3.92. The molecule has 0 aliphatic carbocycles. The maximum absolute atomic E-state index is 3.81. The summed E-state index contributed by atoms with van der Waals surface area (Å²) < 4.78 is 0. The van der Waals surface area contributed by atoms with Crippen LogP contribution in [-0.4, -0.2) is 18.2 Å². The molecular formula is C31H36N4. The first-order valence-corrected chi connectivity index (χ1v) is 12.3. The Morgan fingerprint density at radius 2 is 1.06 bits per heavy atom. The molecule has 1 unspecified atom stereocenters. The molecule has 0 aromatic heterocycles. The van der Waals surface area contributed by atoms with Crippen molar-refractivity contribution in [2.75, 3.05) is 27.8 Å². The maximum atomic E-state index is 3.81. The molecule has 0 bridgehead atoms. The van der Waals surface area contributed by atoms with Crippen LogP contribution in [0.15, 0.2) is 109 Å². The van der Waals surface area contributed by atoms with Crippen molar-refractivity contribution in [3.8, 4) is 0 Å². The normalized spacial score (nSPS) is 12.6. The SMILES string of the molecule is Cc1ccccc1NC(CC(C)(CNc1ccccc1)Nc1ccccc1)Nc1ccccc1C. The zero-order valence-corrected chi connectivity index (χ0v) is 20.9. The third kappa shape index (κ3) is 7.03. The lowest BCUT2D eigenvalue weighted by Crippen LogP contribution is -2.48. The molecule has 0 heterocycles. The van der Waals surface area contributed by atoms with Gasteiger partial charge in [0, 0.05) is 35.7 Å². The molecule has 4 aromatic carbocycles. The fraction of sp³-hybridized carbons (Fsp3) is 0.226. The minimum absolute atomic E-state index is 0.00372. The number of hydrogen-bond donors (Lipinski definition) is 4. The van der Waals surface area contributed by atoms with Crippen LogP contribution >= 0.6 is 0 Å². The molecule has 4 rings (SSSR count). The summed E-state index contributed by atoms with van der Waals surface area (Å²) in [7, 11) is 0. The minimum atomic E-state index is -0.257. The quantitative estimate of drug-likeness (QED) is 0.173. The number of para-hydroxylation sites is 4. The van der Waals surface area contributed by atoms with Crippen molar-refractivity contribution in [1.82, 2.24) is 0 Å². The van der Waals surface area contributed by atoms with Gasteiger partial charge < -0.3 is 21.3 Å². The summed E-state index contributed by atoms with van der Waals surface area (Å²) in [5, 5.41) is 15.0. The van der Waals surface area contributed by atoms with Crippen molar-refractivity contribution < 1.29 is 0 Å². The van der Waals surface area contributed by atoms with Crippen LogP contribution in [-0.2, 0) is 0 Å². The van der Waals surface area contributed by atoms with Gasteiger partial charge in [0.25, 0.3) is 0 Å². The Kier molecular flexibility index (Phi) is 7.94. The van der Waals surface area contributed by atoms with E-state index < -0.39 is 0 Å². The third-order valence-electron chi connectivity index (χ3n) is 6.28. The number of rotatable bonds is 11. The first kappa shape index (κ1) is 24.2. The first-order chi connectivity index (χ1) is 17.0. The summed E-state index contributed by atoms with van der Waals surface area (Å²) in [6, 6.07) is 37.7. The number of benzene rings is 4. The number of aryl methyl sites for hydroxylation is 2. The molecule has 1 atom stereocenters. The van der Waals surface area contributed by atoms with E-state index in [1.807, 2.05) is 12.1 Å². The molecule has 4 aromatic rings. The molecule has 0 amide bonds. The summed E-state index contributed by atoms with van der Waals surface area (Å²) in [5.41, 5.74) is 6.69. The lowest BCUT2D eigenvalue weighted by molar-refractivity contribution is 0.470. The Labute approximate surface area is 209 Å². The molecule has 35 heavy (non-hydrogen) atoms. The van der Waals surface area contributed by atoms with Gasteiger partial charge >= 0.3 is 0 Å². The molecule has 4 nitrogen and oxygen atoms in total. The van der Waals surface area contributed by atoms with Gasteiger partial charge in [0.05, 0.1) is 11.7 Å². The monoisotopic (exact) mass is 464 g/mol. The first-order valence-electron chi connectivity index (χ1n) is 12.3. The van der Waals surface area contributed by atoms with Crippen molar-refractivity contribution >= 4 is 22.7 Å². The Balaban J connectivity index is 1.62. The summed E-state index contributed by atoms with van der Waals surface area (Å²) >= 11 is 0. The Morgan fingerprint density at radius 3 is 1.57 bits per heavy atom. The molecule has 0 saturated carbocycles. The van der Waals surface area contributed by atoms with Crippen molar-refractivity contribution in [3.05, 3.63) is 120 Å². The second kappa shape index (κ2) is 11.5. The molecule has 4 heteroatoms. The van der Waals surface area contributed by atoms with Crippen molar-refractivity contribution in [3.63, 3.8) is 0 Å². The van der Waals surface area contributed by atoms with Crippen LogP contribution < -0.4 is 21.3 Å². The molecule has 0 spiro atoms. The smallest absolute Gasteiger partial charge is 0.0986 e. The molecule has 0 aliphatic heterocycles. The largest absolute Gasteiger partial charge is 0.383 e. The summed E-state index contributed by atoms with van der Waals surface area (Å²) in [6.45, 7) is 7.33. The molecule has 0 radical (unpaired) electrons. The van der Waals surface area contributed by atoms with Gasteiger partial charge in [0.1, 0.15) is 0 Å². The maximum Gasteiger partial charge on any atom is 0.0986 e. The summed E-state index contributed by atoms with van der Waals surface area (Å²) in [4.78, 5) is 0. The van der Waals surface area contributed by atoms with Crippen molar-refractivity contribution in [2.45, 2.75) is 38.9 Å². The van der Waals surface area contributed by atoms with Gasteiger partial charge in [-0.15, -0.1) is 0 Å². The van der Waals surface area contributed by atoms with Gasteiger partial charge in [0.15, 0.2) is 0 Å². The lowest BCUT2D eigenvalue weighted by Gasteiger charge is -2.37. The number of anilines is 4. The van der Waals surface area contributed by atoms with Crippen LogP contribution in [0.5, 0.6) is 0 Å². The van der Waals surface area contributed by atoms with E-state index in [2.05, 4.69) is 139 Å². The number of hydrogen-bond acceptors (Lipinski definition) is 4. The van der Waals surface area contributed by atoms with Gasteiger partial charge in [-0.1, -0.05) is 72.8 Å². The predicted octanol–water partition coefficient (Wildman–Crippen LogP) is 7.53. The van der Waals surface area contributed by atoms with E-state index in [0.717, 1.165) is 35.7 Å². The second-order valence-electron chi connectivity index (χ2n) is 9.45. The van der Waals surface area contributed by atoms with Crippen LogP contribution in [0.2, 0.25) is 0 Å². The van der Waals surface area contributed by atoms with Crippen molar-refractivity contribution in [1.29, 1.82) is 0 Å². The van der Waals surface area contributed by atoms with Gasteiger partial charge in [-0.05, 0) is 68.3 Å². The van der Waals surface area contributed by atoms with E-state index in [-0.39, 0.29) is 11.7 Å². The second-order valence-corrected chi connectivity index (χ2v) is 9.45. The van der Waals surface area contributed by atoms with Gasteiger partial charge in [-0.3, -0.25) is 0 Å². The van der Waals surface area contributed by atoms with Gasteiger partial charge in [0.2, 0.25) is 0 Å². The fourth-order valence-corrected chi connectivity index (χ4v) is 4.32. The van der Waals surface area contributed by atoms with E-state index in [4.69, 9.17) is 0 Å². The number of nitrogens with one attached hydrogen (secondary N) is 4. The Morgan fingerprint density at radius 1 is 0.600 bits per heavy atom. The van der Waals surface area contributed by atoms with Crippen LogP contribution in [0.3, 0.4) is 0 Å². The topological polar surface area (TPSA) is 48.1 Å². The van der Waals surface area contributed by atoms with E-state index in [0.29, 0.717) is 0 Å². The van der Waals surface area contributed by atoms with E-state index in [1.165, 1.54) is 11.1 Å². The molecule has 0 aliphatic rings. The van der Waals surface area contributed by atoms with Crippen LogP contribution in [0.4, 0.5) is 22.7 Å². The van der Waals surface area contributed by atoms with Crippen LogP contribution in [0.25, 0.3) is 0 Å². The molecule has 180 valence electrons. The predicted molar refractivity (Wildman–Crippen MR) is 151 cm³/mol. The molecule has 0 fully saturated rings. The highest BCUT2D eigenvalue weighted by molar-refractivity contribution is 5.56. The zero-order chi connectivity index (χ0) is 24.5. The van der Waals surface area contributed by atoms with E-state index in [9.17, 15) is 0 Å². The minimum Gasteiger partial charge on any atom is -0.383 e. The van der Waals surface area contributed by atoms with Crippen LogP contribution in [0, 0.1) is 13.8 Å². The molecule has 0 saturated heterocycles. The highest BCUT2D eigenvalue weighted by Crippen LogP contribution is 2.26. The lowest BCUT2D eigenvalue weighted by atomic mass is 9.94. The zero-order valence-electron chi connectivity index (χ0n) is 20.9. The van der Waals surface area contributed by atoms with Gasteiger partial charge in [-0.25, -0.2) is 0 Å². The Bertz CT molecular complexity index is 1150. The van der Waals surface area contributed by atoms with E-state index in [1.54, 1.807) is 0 Å². The van der Waals surface area contributed by atoms with Gasteiger partial charge in [-0.2, -0.15) is 0 Å². The molecule has 4 N–H and O–H groups in total. The summed E-state index contributed by atoms with van der Waals surface area (Å²) in [5.74, 6) is 0. The average molecular weight is 465 g/mol. The third-order valence-corrected chi connectivity index (χ3v) is 6.28. The highest BCUT2D eigenvalue weighted by atomic mass is 15.2.